The van der Waals surface area contributed by atoms with Crippen LogP contribution in [0.5, 0.6) is 0 Å². The molecule has 5 nitrogen and oxygen atoms in total. The van der Waals surface area contributed by atoms with Gasteiger partial charge < -0.3 is 15.3 Å². The molecule has 0 saturated carbocycles. The van der Waals surface area contributed by atoms with E-state index in [1.165, 1.54) is 0 Å². The van der Waals surface area contributed by atoms with Crippen LogP contribution in [-0.4, -0.2) is 55.5 Å². The normalized spacial score (nSPS) is 17.6. The number of hydrogen-bond donors (Lipinski definition) is 3. The highest BCUT2D eigenvalue weighted by atomic mass is 79.9. The summed E-state index contributed by atoms with van der Waals surface area (Å²) in [5, 5.41) is 30.8. The number of carboxylic acid groups (broad SMARTS) is 1. The average Bonchev–Trinajstić information content (AvgIpc) is 2.34. The van der Waals surface area contributed by atoms with E-state index in [-0.39, 0.29) is 0 Å². The molecule has 0 radical (unpaired) electrons. The van der Waals surface area contributed by atoms with Crippen LogP contribution in [-0.2, 0) is 4.79 Å². The van der Waals surface area contributed by atoms with Crippen LogP contribution in [0.1, 0.15) is 0 Å². The first-order valence-corrected chi connectivity index (χ1v) is 6.72. The third-order valence-electron chi connectivity index (χ3n) is 1.86. The zero-order chi connectivity index (χ0) is 17.7. The van der Waals surface area contributed by atoms with E-state index < -0.39 is 40.2 Å². The maximum atomic E-state index is 11.7. The van der Waals surface area contributed by atoms with Crippen molar-refractivity contribution in [1.82, 2.24) is 0 Å². The number of aliphatic hydroxyl groups is 2. The van der Waals surface area contributed by atoms with Crippen LogP contribution in [0.25, 0.3) is 0 Å². The molecule has 0 aliphatic rings. The zero-order valence-corrected chi connectivity index (χ0v) is 12.8. The second-order valence-electron chi connectivity index (χ2n) is 3.40. The number of hydrogen-bond acceptors (Lipinski definition) is 4. The lowest BCUT2D eigenvalue weighted by Crippen LogP contribution is -2.53. The summed E-state index contributed by atoms with van der Waals surface area (Å²) in [6.45, 7) is 0. The first kappa shape index (κ1) is 22.7. The van der Waals surface area contributed by atoms with Crippen molar-refractivity contribution in [3.05, 3.63) is 0 Å². The summed E-state index contributed by atoms with van der Waals surface area (Å²) in [6.07, 6.45) is -10.1. The summed E-state index contributed by atoms with van der Waals surface area (Å²) in [7, 11) is 0. The molecule has 0 aromatic rings. The maximum Gasteiger partial charge on any atom is 0.431 e. The summed E-state index contributed by atoms with van der Waals surface area (Å²) >= 11 is 4.63. The molecule has 0 aliphatic heterocycles. The Kier molecular flexibility index (Phi) is 8.23. The molecular weight excluding hydrogens is 448 g/mol. The van der Waals surface area contributed by atoms with Gasteiger partial charge >= 0.3 is 18.3 Å². The number of carbonyl (C=O) groups is 1. The molecule has 0 amide bonds. The minimum Gasteiger partial charge on any atom is -0.479 e. The van der Waals surface area contributed by atoms with E-state index in [9.17, 15) is 31.1 Å². The molecule has 124 valence electrons. The SMILES string of the molecule is N#CC(O)(CBr)C(F)(F)F.O=C(O)C(O)(CBr)C(F)(F)F. The smallest absolute Gasteiger partial charge is 0.431 e. The van der Waals surface area contributed by atoms with Crippen molar-refractivity contribution in [2.24, 2.45) is 0 Å². The molecule has 3 N–H and O–H groups in total. The van der Waals surface area contributed by atoms with Crippen LogP contribution >= 0.6 is 31.9 Å². The Morgan fingerprint density at radius 2 is 1.38 bits per heavy atom. The molecule has 2 atom stereocenters. The second kappa shape index (κ2) is 7.61. The third kappa shape index (κ3) is 5.61. The fourth-order valence-electron chi connectivity index (χ4n) is 0.423. The highest BCUT2D eigenvalue weighted by Crippen LogP contribution is 2.32. The van der Waals surface area contributed by atoms with Crippen molar-refractivity contribution in [2.45, 2.75) is 23.6 Å². The Morgan fingerprint density at radius 1 is 1.00 bits per heavy atom. The molecule has 13 heteroatoms. The summed E-state index contributed by atoms with van der Waals surface area (Å²) in [6, 6.07) is 0.752. The Hall–Kier alpha value is -0.580. The van der Waals surface area contributed by atoms with Gasteiger partial charge in [0.2, 0.25) is 0 Å². The third-order valence-corrected chi connectivity index (χ3v) is 3.49. The van der Waals surface area contributed by atoms with Gasteiger partial charge in [0.15, 0.2) is 0 Å². The highest BCUT2D eigenvalue weighted by Gasteiger charge is 2.59. The van der Waals surface area contributed by atoms with E-state index in [1.807, 2.05) is 0 Å². The number of nitriles is 1. The number of carboxylic acids is 1. The minimum absolute atomic E-state index is 0.752. The molecule has 0 heterocycles. The van der Waals surface area contributed by atoms with Crippen molar-refractivity contribution in [3.8, 4) is 6.07 Å². The van der Waals surface area contributed by atoms with Crippen LogP contribution < -0.4 is 0 Å². The Morgan fingerprint density at radius 3 is 1.38 bits per heavy atom. The van der Waals surface area contributed by atoms with E-state index in [0.29, 0.717) is 0 Å². The summed E-state index contributed by atoms with van der Waals surface area (Å²) in [4.78, 5) is 9.90. The zero-order valence-electron chi connectivity index (χ0n) is 9.64. The fourth-order valence-corrected chi connectivity index (χ4v) is 1.42. The van der Waals surface area contributed by atoms with E-state index in [2.05, 4.69) is 31.9 Å². The molecule has 21 heavy (non-hydrogen) atoms. The molecule has 0 saturated heterocycles. The lowest BCUT2D eigenvalue weighted by Gasteiger charge is -2.23. The van der Waals surface area contributed by atoms with Crippen molar-refractivity contribution in [3.63, 3.8) is 0 Å². The second-order valence-corrected chi connectivity index (χ2v) is 4.52. The maximum absolute atomic E-state index is 11.7. The molecule has 2 unspecified atom stereocenters. The summed E-state index contributed by atoms with van der Waals surface area (Å²) < 4.78 is 69.9. The molecular formula is C8H7Br2F6NO4. The van der Waals surface area contributed by atoms with E-state index >= 15 is 0 Å². The topological polar surface area (TPSA) is 102 Å². The van der Waals surface area contributed by atoms with Crippen LogP contribution in [0.2, 0.25) is 0 Å². The lowest BCUT2D eigenvalue weighted by molar-refractivity contribution is -0.251. The van der Waals surface area contributed by atoms with Gasteiger partial charge in [-0.2, -0.15) is 31.6 Å². The molecule has 0 aliphatic carbocycles. The van der Waals surface area contributed by atoms with E-state index in [0.717, 1.165) is 6.07 Å². The van der Waals surface area contributed by atoms with E-state index in [1.54, 1.807) is 0 Å². The van der Waals surface area contributed by atoms with Gasteiger partial charge in [0, 0.05) is 0 Å². The number of alkyl halides is 8. The van der Waals surface area contributed by atoms with Crippen molar-refractivity contribution >= 4 is 37.8 Å². The lowest BCUT2D eigenvalue weighted by atomic mass is 10.1. The Bertz CT molecular complexity index is 409. The number of aliphatic carboxylic acids is 1. The number of rotatable bonds is 3. The molecule has 0 aromatic carbocycles. The number of halogens is 8. The average molecular weight is 455 g/mol. The van der Waals surface area contributed by atoms with Gasteiger partial charge in [0.05, 0.1) is 10.7 Å². The molecule has 0 spiro atoms. The Labute approximate surface area is 130 Å². The summed E-state index contributed by atoms with van der Waals surface area (Å²) in [5.74, 6) is -2.32. The first-order valence-electron chi connectivity index (χ1n) is 4.47. The van der Waals surface area contributed by atoms with Crippen LogP contribution in [0.15, 0.2) is 0 Å². The first-order chi connectivity index (χ1) is 9.13. The van der Waals surface area contributed by atoms with Gasteiger partial charge in [-0.3, -0.25) is 0 Å². The van der Waals surface area contributed by atoms with Gasteiger partial charge in [-0.05, 0) is 0 Å². The quantitative estimate of drug-likeness (QED) is 0.344. The standard InChI is InChI=1S/C4H3BrF3NO.C4H4BrF3O3/c5-1-3(10,2-9)4(6,7)8;5-1-3(11,2(9)10)4(6,7)8/h10H,1H2;11H,1H2,(H,9,10). The van der Waals surface area contributed by atoms with Gasteiger partial charge in [0.1, 0.15) is 6.07 Å². The largest absolute Gasteiger partial charge is 0.479 e. The number of nitrogens with zero attached hydrogens (tertiary/aromatic N) is 1. The molecule has 0 rings (SSSR count). The van der Waals surface area contributed by atoms with Gasteiger partial charge in [0.25, 0.3) is 11.2 Å². The van der Waals surface area contributed by atoms with E-state index in [4.69, 9.17) is 20.6 Å². The van der Waals surface area contributed by atoms with Crippen LogP contribution in [0.4, 0.5) is 26.3 Å². The highest BCUT2D eigenvalue weighted by molar-refractivity contribution is 9.09. The molecule has 0 aromatic heterocycles. The van der Waals surface area contributed by atoms with Crippen molar-refractivity contribution in [2.75, 3.05) is 10.7 Å². The fraction of sp³-hybridized carbons (Fsp3) is 0.750. The van der Waals surface area contributed by atoms with Crippen LogP contribution in [0.3, 0.4) is 0 Å². The molecule has 0 bridgehead atoms. The van der Waals surface area contributed by atoms with Crippen molar-refractivity contribution < 1.29 is 46.5 Å². The van der Waals surface area contributed by atoms with Gasteiger partial charge in [-0.1, -0.05) is 31.9 Å². The van der Waals surface area contributed by atoms with Gasteiger partial charge in [-0.15, -0.1) is 0 Å². The molecule has 0 fully saturated rings. The predicted molar refractivity (Wildman–Crippen MR) is 62.8 cm³/mol. The summed E-state index contributed by atoms with van der Waals surface area (Å²) in [5.41, 5.74) is -6.94. The predicted octanol–water partition coefficient (Wildman–Crippen LogP) is 1.96. The minimum atomic E-state index is -5.16. The van der Waals surface area contributed by atoms with Gasteiger partial charge in [-0.25, -0.2) is 4.79 Å². The van der Waals surface area contributed by atoms with Crippen molar-refractivity contribution in [1.29, 1.82) is 5.26 Å². The Balaban J connectivity index is 0. The monoisotopic (exact) mass is 453 g/mol. The van der Waals surface area contributed by atoms with Crippen LogP contribution in [0, 0.1) is 11.3 Å².